The minimum Gasteiger partial charge on any atom is -0.347 e. The number of hydrogen-bond acceptors (Lipinski definition) is 3. The Morgan fingerprint density at radius 3 is 2.79 bits per heavy atom. The van der Waals surface area contributed by atoms with E-state index in [1.54, 1.807) is 24.7 Å². The minimum absolute atomic E-state index is 0.127. The van der Waals surface area contributed by atoms with Gasteiger partial charge in [0.05, 0.1) is 41.9 Å². The topological polar surface area (TPSA) is 84.8 Å². The molecule has 0 bridgehead atoms. The molecule has 1 aliphatic heterocycles. The van der Waals surface area contributed by atoms with E-state index < -0.39 is 0 Å². The molecule has 0 aliphatic carbocycles. The summed E-state index contributed by atoms with van der Waals surface area (Å²) in [7, 11) is 0. The summed E-state index contributed by atoms with van der Waals surface area (Å²) in [5.74, 6) is 0. The Morgan fingerprint density at radius 2 is 2.11 bits per heavy atom. The lowest BCUT2D eigenvalue weighted by Crippen LogP contribution is -2.35. The minimum atomic E-state index is -0.234. The molecule has 2 atom stereocenters. The molecule has 1 saturated heterocycles. The molecule has 4 rings (SSSR count). The molecule has 2 unspecified atom stereocenters. The van der Waals surface area contributed by atoms with Gasteiger partial charge in [0, 0.05) is 11.6 Å². The van der Waals surface area contributed by atoms with E-state index in [2.05, 4.69) is 21.4 Å². The number of aromatic nitrogens is 2. The van der Waals surface area contributed by atoms with Gasteiger partial charge in [0.2, 0.25) is 0 Å². The lowest BCUT2D eigenvalue weighted by atomic mass is 9.98. The maximum atomic E-state index is 12.8. The van der Waals surface area contributed by atoms with Crippen molar-refractivity contribution in [2.45, 2.75) is 18.5 Å². The van der Waals surface area contributed by atoms with Gasteiger partial charge < -0.3 is 15.2 Å². The van der Waals surface area contributed by atoms with Crippen LogP contribution in [0.4, 0.5) is 4.79 Å². The molecule has 28 heavy (non-hydrogen) atoms. The predicted molar refractivity (Wildman–Crippen MR) is 106 cm³/mol. The van der Waals surface area contributed by atoms with E-state index in [1.807, 2.05) is 41.3 Å². The highest BCUT2D eigenvalue weighted by molar-refractivity contribution is 6.30. The molecule has 1 aliphatic rings. The van der Waals surface area contributed by atoms with E-state index in [0.29, 0.717) is 23.6 Å². The molecule has 0 spiro atoms. The summed E-state index contributed by atoms with van der Waals surface area (Å²) in [5.41, 5.74) is 3.48. The fraction of sp³-hybridized carbons (Fsp3) is 0.190. The first kappa shape index (κ1) is 18.1. The Morgan fingerprint density at radius 1 is 1.29 bits per heavy atom. The van der Waals surface area contributed by atoms with E-state index in [9.17, 15) is 4.79 Å². The normalized spacial score (nSPS) is 17.2. The third-order valence-electron chi connectivity index (χ3n) is 4.98. The van der Waals surface area contributed by atoms with Gasteiger partial charge in [-0.05, 0) is 41.8 Å². The van der Waals surface area contributed by atoms with E-state index in [0.717, 1.165) is 16.8 Å². The molecule has 2 aromatic carbocycles. The third kappa shape index (κ3) is 3.57. The van der Waals surface area contributed by atoms with Crippen LogP contribution in [0.5, 0.6) is 0 Å². The number of halogens is 1. The van der Waals surface area contributed by atoms with Gasteiger partial charge in [0.15, 0.2) is 0 Å². The van der Waals surface area contributed by atoms with Gasteiger partial charge in [-0.3, -0.25) is 0 Å². The second-order valence-electron chi connectivity index (χ2n) is 6.70. The third-order valence-corrected chi connectivity index (χ3v) is 5.21. The summed E-state index contributed by atoms with van der Waals surface area (Å²) >= 11 is 6.18. The molecule has 6 nitrogen and oxygen atoms in total. The zero-order chi connectivity index (χ0) is 19.5. The fourth-order valence-corrected chi connectivity index (χ4v) is 3.81. The molecule has 1 aromatic heterocycles. The van der Waals surface area contributed by atoms with E-state index >= 15 is 0 Å². The van der Waals surface area contributed by atoms with Gasteiger partial charge in [-0.25, -0.2) is 9.78 Å². The van der Waals surface area contributed by atoms with Gasteiger partial charge in [-0.1, -0.05) is 35.9 Å². The Labute approximate surface area is 167 Å². The van der Waals surface area contributed by atoms with Gasteiger partial charge in [-0.15, -0.1) is 0 Å². The monoisotopic (exact) mass is 391 g/mol. The number of rotatable bonds is 5. The average molecular weight is 392 g/mol. The van der Waals surface area contributed by atoms with E-state index in [4.69, 9.17) is 16.9 Å². The Balaban J connectivity index is 1.70. The largest absolute Gasteiger partial charge is 0.347 e. The van der Waals surface area contributed by atoms with Crippen molar-refractivity contribution in [1.29, 1.82) is 5.26 Å². The van der Waals surface area contributed by atoms with Crippen molar-refractivity contribution in [3.05, 3.63) is 88.5 Å². The molecule has 3 aromatic rings. The van der Waals surface area contributed by atoms with Crippen molar-refractivity contribution in [2.24, 2.45) is 0 Å². The van der Waals surface area contributed by atoms with Crippen molar-refractivity contribution in [2.75, 3.05) is 6.54 Å². The first-order chi connectivity index (χ1) is 13.7. The second kappa shape index (κ2) is 7.75. The first-order valence-corrected chi connectivity index (χ1v) is 9.32. The number of H-pyrrole nitrogens is 1. The number of urea groups is 1. The van der Waals surface area contributed by atoms with E-state index in [1.165, 1.54) is 0 Å². The maximum absolute atomic E-state index is 12.8. The Bertz CT molecular complexity index is 1010. The van der Waals surface area contributed by atoms with Crippen LogP contribution in [0.2, 0.25) is 5.02 Å². The highest BCUT2D eigenvalue weighted by Gasteiger charge is 2.38. The summed E-state index contributed by atoms with van der Waals surface area (Å²) in [6.45, 7) is 0.511. The number of nitrogens with one attached hydrogen (secondary N) is 2. The second-order valence-corrected chi connectivity index (χ2v) is 7.14. The SMILES string of the molecule is N#Cc1ccc(CC(c2cnc[nH]2)N2C(=O)NCC2c2cccc(Cl)c2)cc1. The van der Waals surface area contributed by atoms with Crippen molar-refractivity contribution < 1.29 is 4.79 Å². The first-order valence-electron chi connectivity index (χ1n) is 8.94. The number of amides is 2. The molecule has 140 valence electrons. The van der Waals surface area contributed by atoms with Crippen LogP contribution in [0.25, 0.3) is 0 Å². The summed E-state index contributed by atoms with van der Waals surface area (Å²) < 4.78 is 0. The van der Waals surface area contributed by atoms with Crippen LogP contribution in [-0.4, -0.2) is 27.4 Å². The number of benzene rings is 2. The quantitative estimate of drug-likeness (QED) is 0.689. The van der Waals surface area contributed by atoms with Crippen molar-refractivity contribution in [1.82, 2.24) is 20.2 Å². The number of carbonyl (C=O) groups excluding carboxylic acids is 1. The van der Waals surface area contributed by atoms with Crippen molar-refractivity contribution in [3.8, 4) is 6.07 Å². The molecule has 7 heteroatoms. The van der Waals surface area contributed by atoms with Gasteiger partial charge in [0.1, 0.15) is 0 Å². The molecular formula is C21H18ClN5O. The number of nitrogens with zero attached hydrogens (tertiary/aromatic N) is 3. The summed E-state index contributed by atoms with van der Waals surface area (Å²) in [4.78, 5) is 21.9. The molecule has 0 radical (unpaired) electrons. The molecule has 2 heterocycles. The van der Waals surface area contributed by atoms with E-state index in [-0.39, 0.29) is 18.1 Å². The maximum Gasteiger partial charge on any atom is 0.318 e. The van der Waals surface area contributed by atoms with Crippen LogP contribution in [0, 0.1) is 11.3 Å². The smallest absolute Gasteiger partial charge is 0.318 e. The zero-order valence-corrected chi connectivity index (χ0v) is 15.7. The Hall–Kier alpha value is -3.30. The number of aromatic amines is 1. The lowest BCUT2D eigenvalue weighted by molar-refractivity contribution is 0.173. The molecule has 2 amide bonds. The predicted octanol–water partition coefficient (Wildman–Crippen LogP) is 3.99. The fourth-order valence-electron chi connectivity index (χ4n) is 3.61. The van der Waals surface area contributed by atoms with Crippen molar-refractivity contribution >= 4 is 17.6 Å². The van der Waals surface area contributed by atoms with Gasteiger partial charge in [-0.2, -0.15) is 5.26 Å². The number of hydrogen-bond donors (Lipinski definition) is 2. The van der Waals surface area contributed by atoms with Crippen LogP contribution < -0.4 is 5.32 Å². The van der Waals surface area contributed by atoms with Crippen molar-refractivity contribution in [3.63, 3.8) is 0 Å². The summed E-state index contributed by atoms with van der Waals surface area (Å²) in [5, 5.41) is 12.6. The van der Waals surface area contributed by atoms with Crippen LogP contribution >= 0.6 is 11.6 Å². The molecular weight excluding hydrogens is 374 g/mol. The number of imidazole rings is 1. The van der Waals surface area contributed by atoms with Gasteiger partial charge in [0.25, 0.3) is 0 Å². The molecule has 0 saturated carbocycles. The zero-order valence-electron chi connectivity index (χ0n) is 15.0. The van der Waals surface area contributed by atoms with Gasteiger partial charge >= 0.3 is 6.03 Å². The summed E-state index contributed by atoms with van der Waals surface area (Å²) in [6.07, 6.45) is 3.96. The molecule has 2 N–H and O–H groups in total. The standard InChI is InChI=1S/C21H18ClN5O/c22-17-3-1-2-16(9-17)20-12-25-21(28)27(20)19(18-11-24-13-26-18)8-14-4-6-15(10-23)7-5-14/h1-7,9,11,13,19-20H,8,12H2,(H,24,26)(H,25,28). The van der Waals surface area contributed by atoms with Crippen LogP contribution in [-0.2, 0) is 6.42 Å². The average Bonchev–Trinajstić information content (AvgIpc) is 3.37. The molecule has 1 fully saturated rings. The number of nitriles is 1. The van der Waals surface area contributed by atoms with Crippen LogP contribution in [0.15, 0.2) is 61.1 Å². The highest BCUT2D eigenvalue weighted by Crippen LogP contribution is 2.35. The Kier molecular flexibility index (Phi) is 5.00. The lowest BCUT2D eigenvalue weighted by Gasteiger charge is -2.32. The summed E-state index contributed by atoms with van der Waals surface area (Å²) in [6, 6.07) is 16.6. The highest BCUT2D eigenvalue weighted by atomic mass is 35.5. The van der Waals surface area contributed by atoms with Crippen LogP contribution in [0.3, 0.4) is 0 Å². The van der Waals surface area contributed by atoms with Crippen LogP contribution in [0.1, 0.15) is 34.5 Å². The number of carbonyl (C=O) groups is 1.